The molecule has 0 fully saturated rings. The summed E-state index contributed by atoms with van der Waals surface area (Å²) >= 11 is 0. The lowest BCUT2D eigenvalue weighted by molar-refractivity contribution is 0.486. The molecule has 0 spiro atoms. The van der Waals surface area contributed by atoms with Gasteiger partial charge in [0.15, 0.2) is 0 Å². The molecule has 0 heterocycles. The van der Waals surface area contributed by atoms with Gasteiger partial charge in [-0.05, 0) is 12.8 Å². The fourth-order valence-corrected chi connectivity index (χ4v) is 0.919. The lowest BCUT2D eigenvalue weighted by Gasteiger charge is -2.09. The number of halogens is 1. The van der Waals surface area contributed by atoms with E-state index in [9.17, 15) is 4.39 Å². The summed E-state index contributed by atoms with van der Waals surface area (Å²) in [6.45, 7) is 0. The minimum Gasteiger partial charge on any atom is -0.212 e. The van der Waals surface area contributed by atoms with E-state index in [4.69, 9.17) is 5.26 Å². The van der Waals surface area contributed by atoms with Gasteiger partial charge >= 0.3 is 0 Å². The average Bonchev–Trinajstić information content (AvgIpc) is 1.90. The van der Waals surface area contributed by atoms with E-state index in [1.54, 1.807) is 0 Å². The zero-order valence-corrected chi connectivity index (χ0v) is 5.10. The SMILES string of the molecule is N#CC1CC=C(F)CC1. The van der Waals surface area contributed by atoms with Gasteiger partial charge in [-0.3, -0.25) is 0 Å². The summed E-state index contributed by atoms with van der Waals surface area (Å²) in [5.74, 6) is 0.00556. The van der Waals surface area contributed by atoms with Crippen LogP contribution in [0.2, 0.25) is 0 Å². The normalized spacial score (nSPS) is 26.7. The molecule has 1 unspecified atom stereocenters. The van der Waals surface area contributed by atoms with Crippen LogP contribution in [0.25, 0.3) is 0 Å². The molecule has 0 aromatic carbocycles. The highest BCUT2D eigenvalue weighted by atomic mass is 19.1. The molecule has 0 saturated carbocycles. The van der Waals surface area contributed by atoms with Crippen molar-refractivity contribution in [3.8, 4) is 6.07 Å². The van der Waals surface area contributed by atoms with Gasteiger partial charge in [-0.25, -0.2) is 4.39 Å². The van der Waals surface area contributed by atoms with Crippen molar-refractivity contribution in [3.63, 3.8) is 0 Å². The van der Waals surface area contributed by atoms with E-state index in [0.717, 1.165) is 0 Å². The first kappa shape index (κ1) is 6.28. The van der Waals surface area contributed by atoms with Gasteiger partial charge < -0.3 is 0 Å². The lowest BCUT2D eigenvalue weighted by atomic mass is 9.95. The molecule has 1 atom stereocenters. The van der Waals surface area contributed by atoms with Crippen LogP contribution in [-0.2, 0) is 0 Å². The third kappa shape index (κ3) is 1.53. The van der Waals surface area contributed by atoms with Crippen LogP contribution in [0.5, 0.6) is 0 Å². The summed E-state index contributed by atoms with van der Waals surface area (Å²) in [5.41, 5.74) is 0. The second-order valence-corrected chi connectivity index (χ2v) is 2.25. The van der Waals surface area contributed by atoms with E-state index in [2.05, 4.69) is 6.07 Å². The van der Waals surface area contributed by atoms with Crippen LogP contribution in [0, 0.1) is 17.2 Å². The molecule has 1 aliphatic rings. The summed E-state index contributed by atoms with van der Waals surface area (Å²) in [6, 6.07) is 2.11. The van der Waals surface area contributed by atoms with Crippen LogP contribution in [-0.4, -0.2) is 0 Å². The maximum Gasteiger partial charge on any atom is 0.0960 e. The van der Waals surface area contributed by atoms with Gasteiger partial charge in [-0.1, -0.05) is 6.08 Å². The Labute approximate surface area is 53.8 Å². The molecule has 2 heteroatoms. The van der Waals surface area contributed by atoms with E-state index < -0.39 is 0 Å². The van der Waals surface area contributed by atoms with Crippen LogP contribution in [0.3, 0.4) is 0 Å². The molecule has 0 radical (unpaired) electrons. The van der Waals surface area contributed by atoms with Gasteiger partial charge in [0, 0.05) is 6.42 Å². The number of nitriles is 1. The van der Waals surface area contributed by atoms with E-state index in [1.165, 1.54) is 6.08 Å². The second-order valence-electron chi connectivity index (χ2n) is 2.25. The number of rotatable bonds is 0. The third-order valence-corrected chi connectivity index (χ3v) is 1.54. The molecule has 0 aliphatic heterocycles. The van der Waals surface area contributed by atoms with Crippen molar-refractivity contribution in [2.45, 2.75) is 19.3 Å². The molecule has 0 N–H and O–H groups in total. The Kier molecular flexibility index (Phi) is 1.84. The zero-order valence-electron chi connectivity index (χ0n) is 5.10. The first-order valence-electron chi connectivity index (χ1n) is 3.07. The molecule has 1 nitrogen and oxygen atoms in total. The molecule has 9 heavy (non-hydrogen) atoms. The van der Waals surface area contributed by atoms with E-state index >= 15 is 0 Å². The third-order valence-electron chi connectivity index (χ3n) is 1.54. The van der Waals surface area contributed by atoms with Crippen molar-refractivity contribution in [1.29, 1.82) is 5.26 Å². The van der Waals surface area contributed by atoms with Crippen LogP contribution in [0.15, 0.2) is 11.9 Å². The van der Waals surface area contributed by atoms with Crippen molar-refractivity contribution in [2.75, 3.05) is 0 Å². The first-order chi connectivity index (χ1) is 4.33. The van der Waals surface area contributed by atoms with Gasteiger partial charge in [-0.2, -0.15) is 5.26 Å². The number of hydrogen-bond donors (Lipinski definition) is 0. The Morgan fingerprint density at radius 2 is 2.56 bits per heavy atom. The Balaban J connectivity index is 2.48. The van der Waals surface area contributed by atoms with Crippen molar-refractivity contribution < 1.29 is 4.39 Å². The summed E-state index contributed by atoms with van der Waals surface area (Å²) in [7, 11) is 0. The highest BCUT2D eigenvalue weighted by molar-refractivity contribution is 5.02. The van der Waals surface area contributed by atoms with E-state index in [-0.39, 0.29) is 11.7 Å². The monoisotopic (exact) mass is 125 g/mol. The fraction of sp³-hybridized carbons (Fsp3) is 0.571. The van der Waals surface area contributed by atoms with Gasteiger partial charge in [0.05, 0.1) is 17.8 Å². The number of nitrogens with zero attached hydrogens (tertiary/aromatic N) is 1. The van der Waals surface area contributed by atoms with Gasteiger partial charge in [0.25, 0.3) is 0 Å². The van der Waals surface area contributed by atoms with Crippen molar-refractivity contribution in [2.24, 2.45) is 5.92 Å². The van der Waals surface area contributed by atoms with E-state index in [1.807, 2.05) is 0 Å². The van der Waals surface area contributed by atoms with Gasteiger partial charge in [0.1, 0.15) is 0 Å². The minimum atomic E-state index is -0.0542. The Morgan fingerprint density at radius 3 is 3.00 bits per heavy atom. The van der Waals surface area contributed by atoms with Crippen molar-refractivity contribution >= 4 is 0 Å². The predicted octanol–water partition coefficient (Wildman–Crippen LogP) is 2.16. The highest BCUT2D eigenvalue weighted by Gasteiger charge is 2.12. The Bertz CT molecular complexity index is 166. The maximum atomic E-state index is 12.2. The van der Waals surface area contributed by atoms with Gasteiger partial charge in [-0.15, -0.1) is 0 Å². The molecule has 0 bridgehead atoms. The van der Waals surface area contributed by atoms with Crippen LogP contribution < -0.4 is 0 Å². The van der Waals surface area contributed by atoms with E-state index in [0.29, 0.717) is 19.3 Å². The topological polar surface area (TPSA) is 23.8 Å². The van der Waals surface area contributed by atoms with Crippen LogP contribution >= 0.6 is 0 Å². The molecule has 0 saturated heterocycles. The molecule has 0 aromatic rings. The lowest BCUT2D eigenvalue weighted by Crippen LogP contribution is -2.00. The average molecular weight is 125 g/mol. The predicted molar refractivity (Wildman–Crippen MR) is 32.1 cm³/mol. The molecule has 0 amide bonds. The van der Waals surface area contributed by atoms with Crippen LogP contribution in [0.1, 0.15) is 19.3 Å². The minimum absolute atomic E-state index is 0.0542. The fourth-order valence-electron chi connectivity index (χ4n) is 0.919. The Hall–Kier alpha value is -0.840. The highest BCUT2D eigenvalue weighted by Crippen LogP contribution is 2.22. The number of allylic oxidation sites excluding steroid dienone is 2. The summed E-state index contributed by atoms with van der Waals surface area (Å²) < 4.78 is 12.2. The zero-order chi connectivity index (χ0) is 6.69. The van der Waals surface area contributed by atoms with Gasteiger partial charge in [0.2, 0.25) is 0 Å². The quantitative estimate of drug-likeness (QED) is 0.486. The summed E-state index contributed by atoms with van der Waals surface area (Å²) in [6.07, 6.45) is 3.26. The molecule has 1 aliphatic carbocycles. The molecule has 0 aromatic heterocycles. The number of hydrogen-bond acceptors (Lipinski definition) is 1. The van der Waals surface area contributed by atoms with Crippen molar-refractivity contribution in [1.82, 2.24) is 0 Å². The standard InChI is InChI=1S/C7H8FN/c8-7-3-1-6(5-9)2-4-7/h3,6H,1-2,4H2. The van der Waals surface area contributed by atoms with Crippen LogP contribution in [0.4, 0.5) is 4.39 Å². The molecular weight excluding hydrogens is 117 g/mol. The smallest absolute Gasteiger partial charge is 0.0960 e. The Morgan fingerprint density at radius 1 is 1.78 bits per heavy atom. The second kappa shape index (κ2) is 2.63. The summed E-state index contributed by atoms with van der Waals surface area (Å²) in [4.78, 5) is 0. The first-order valence-corrected chi connectivity index (χ1v) is 3.07. The molecule has 1 rings (SSSR count). The molecular formula is C7H8FN. The van der Waals surface area contributed by atoms with Crippen molar-refractivity contribution in [3.05, 3.63) is 11.9 Å². The maximum absolute atomic E-state index is 12.2. The largest absolute Gasteiger partial charge is 0.212 e. The molecule has 48 valence electrons. The summed E-state index contributed by atoms with van der Waals surface area (Å²) in [5, 5.41) is 8.38.